The molecule has 0 atom stereocenters. The Labute approximate surface area is 109 Å². The molecule has 5 heteroatoms. The molecule has 19 heavy (non-hydrogen) atoms. The van der Waals surface area contributed by atoms with E-state index in [9.17, 15) is 9.18 Å². The Kier molecular flexibility index (Phi) is 2.87. The van der Waals surface area contributed by atoms with Crippen LogP contribution in [0.15, 0.2) is 42.9 Å². The second-order valence-corrected chi connectivity index (χ2v) is 4.24. The van der Waals surface area contributed by atoms with E-state index in [1.165, 1.54) is 0 Å². The van der Waals surface area contributed by atoms with Gasteiger partial charge in [0, 0.05) is 23.3 Å². The third-order valence-corrected chi connectivity index (χ3v) is 3.08. The zero-order chi connectivity index (χ0) is 13.2. The smallest absolute Gasteiger partial charge is 0.152 e. The Hall–Kier alpha value is -2.43. The molecule has 0 aliphatic heterocycles. The van der Waals surface area contributed by atoms with E-state index in [1.807, 2.05) is 28.8 Å². The van der Waals surface area contributed by atoms with E-state index in [4.69, 9.17) is 0 Å². The van der Waals surface area contributed by atoms with Crippen LogP contribution >= 0.6 is 0 Å². The lowest BCUT2D eigenvalue weighted by Crippen LogP contribution is -1.99. The van der Waals surface area contributed by atoms with Gasteiger partial charge in [0.1, 0.15) is 6.67 Å². The minimum atomic E-state index is -0.451. The van der Waals surface area contributed by atoms with Crippen LogP contribution in [0.1, 0.15) is 10.4 Å². The molecule has 0 aliphatic rings. The van der Waals surface area contributed by atoms with Crippen molar-refractivity contribution in [3.8, 4) is 5.69 Å². The molecule has 0 bridgehead atoms. The molecule has 0 N–H and O–H groups in total. The van der Waals surface area contributed by atoms with Gasteiger partial charge in [0.15, 0.2) is 6.29 Å². The second-order valence-electron chi connectivity index (χ2n) is 4.24. The highest BCUT2D eigenvalue weighted by Gasteiger charge is 2.10. The third kappa shape index (κ3) is 1.93. The largest absolute Gasteiger partial charge is 0.313 e. The number of aromatic nitrogens is 3. The summed E-state index contributed by atoms with van der Waals surface area (Å²) in [6, 6.07) is 7.65. The van der Waals surface area contributed by atoms with Crippen molar-refractivity contribution in [2.75, 3.05) is 6.67 Å². The number of halogens is 1. The van der Waals surface area contributed by atoms with Crippen molar-refractivity contribution < 1.29 is 9.18 Å². The highest BCUT2D eigenvalue weighted by Crippen LogP contribution is 2.23. The van der Waals surface area contributed by atoms with Gasteiger partial charge in [-0.25, -0.2) is 4.39 Å². The van der Waals surface area contributed by atoms with Crippen LogP contribution in [0, 0.1) is 0 Å². The number of aryl methyl sites for hydroxylation is 1. The molecule has 96 valence electrons. The van der Waals surface area contributed by atoms with Gasteiger partial charge in [-0.2, -0.15) is 5.10 Å². The van der Waals surface area contributed by atoms with E-state index in [2.05, 4.69) is 5.10 Å². The summed E-state index contributed by atoms with van der Waals surface area (Å²) in [4.78, 5) is 11.1. The zero-order valence-corrected chi connectivity index (χ0v) is 10.2. The summed E-state index contributed by atoms with van der Waals surface area (Å²) in [6.45, 7) is -0.215. The summed E-state index contributed by atoms with van der Waals surface area (Å²) in [6.07, 6.45) is 6.04. The molecule has 2 heterocycles. The lowest BCUT2D eigenvalue weighted by molar-refractivity contribution is 0.112. The summed E-state index contributed by atoms with van der Waals surface area (Å²) in [5, 5.41) is 4.99. The van der Waals surface area contributed by atoms with Crippen LogP contribution < -0.4 is 0 Å². The minimum absolute atomic E-state index is 0.236. The maximum atomic E-state index is 12.3. The van der Waals surface area contributed by atoms with Crippen LogP contribution in [0.3, 0.4) is 0 Å². The lowest BCUT2D eigenvalue weighted by atomic mass is 10.2. The number of carbonyl (C=O) groups excluding carboxylic acids is 1. The number of hydrogen-bond acceptors (Lipinski definition) is 2. The van der Waals surface area contributed by atoms with Gasteiger partial charge in [-0.3, -0.25) is 9.48 Å². The standard InChI is InChI=1S/C14H12FN3O/c15-5-6-17-9-12(7-16-17)18-8-11(10-19)13-3-1-2-4-14(13)18/h1-4,7-10H,5-6H2. The van der Waals surface area contributed by atoms with Crippen LogP contribution in [-0.4, -0.2) is 27.3 Å². The van der Waals surface area contributed by atoms with Crippen molar-refractivity contribution >= 4 is 17.2 Å². The molecule has 3 aromatic rings. The Balaban J connectivity index is 2.15. The molecule has 2 aromatic heterocycles. The van der Waals surface area contributed by atoms with Gasteiger partial charge < -0.3 is 4.57 Å². The Morgan fingerprint density at radius 1 is 1.26 bits per heavy atom. The summed E-state index contributed by atoms with van der Waals surface area (Å²) in [7, 11) is 0. The fourth-order valence-electron chi connectivity index (χ4n) is 2.20. The second kappa shape index (κ2) is 4.68. The fourth-order valence-corrected chi connectivity index (χ4v) is 2.20. The molecule has 0 amide bonds. The SMILES string of the molecule is O=Cc1cn(-c2cnn(CCF)c2)c2ccccc12. The zero-order valence-electron chi connectivity index (χ0n) is 10.2. The molecule has 0 saturated carbocycles. The predicted molar refractivity (Wildman–Crippen MR) is 70.4 cm³/mol. The summed E-state index contributed by atoms with van der Waals surface area (Å²) >= 11 is 0. The molecule has 0 fully saturated rings. The number of para-hydroxylation sites is 1. The average Bonchev–Trinajstić information content (AvgIpc) is 3.03. The van der Waals surface area contributed by atoms with Gasteiger partial charge in [0.05, 0.1) is 23.9 Å². The number of carbonyl (C=O) groups is 1. The van der Waals surface area contributed by atoms with Crippen molar-refractivity contribution in [1.29, 1.82) is 0 Å². The van der Waals surface area contributed by atoms with Gasteiger partial charge >= 0.3 is 0 Å². The molecule has 3 rings (SSSR count). The maximum absolute atomic E-state index is 12.3. The molecular formula is C14H12FN3O. The Morgan fingerprint density at radius 2 is 2.11 bits per heavy atom. The van der Waals surface area contributed by atoms with Gasteiger partial charge in [-0.1, -0.05) is 18.2 Å². The van der Waals surface area contributed by atoms with E-state index in [0.29, 0.717) is 5.56 Å². The monoisotopic (exact) mass is 257 g/mol. The predicted octanol–water partition coefficient (Wildman–Crippen LogP) is 2.61. The van der Waals surface area contributed by atoms with Crippen molar-refractivity contribution in [3.05, 3.63) is 48.4 Å². The van der Waals surface area contributed by atoms with Crippen LogP contribution in [-0.2, 0) is 6.54 Å². The highest BCUT2D eigenvalue weighted by molar-refractivity contribution is 5.98. The van der Waals surface area contributed by atoms with E-state index in [0.717, 1.165) is 22.9 Å². The molecule has 1 aromatic carbocycles. The van der Waals surface area contributed by atoms with E-state index in [1.54, 1.807) is 23.3 Å². The molecule has 0 saturated heterocycles. The quantitative estimate of drug-likeness (QED) is 0.674. The van der Waals surface area contributed by atoms with Crippen LogP contribution in [0.4, 0.5) is 4.39 Å². The van der Waals surface area contributed by atoms with Crippen LogP contribution in [0.25, 0.3) is 16.6 Å². The first-order valence-corrected chi connectivity index (χ1v) is 5.97. The number of rotatable bonds is 4. The molecule has 0 spiro atoms. The minimum Gasteiger partial charge on any atom is -0.313 e. The van der Waals surface area contributed by atoms with Gasteiger partial charge in [-0.15, -0.1) is 0 Å². The third-order valence-electron chi connectivity index (χ3n) is 3.08. The number of alkyl halides is 1. The number of benzene rings is 1. The normalized spacial score (nSPS) is 11.0. The first kappa shape index (κ1) is 11.6. The highest BCUT2D eigenvalue weighted by atomic mass is 19.1. The van der Waals surface area contributed by atoms with Crippen molar-refractivity contribution in [2.45, 2.75) is 6.54 Å². The van der Waals surface area contributed by atoms with Crippen molar-refractivity contribution in [1.82, 2.24) is 14.3 Å². The molecule has 0 unspecified atom stereocenters. The topological polar surface area (TPSA) is 39.8 Å². The number of nitrogens with zero attached hydrogens (tertiary/aromatic N) is 3. The fraction of sp³-hybridized carbons (Fsp3) is 0.143. The Bertz CT molecular complexity index is 729. The van der Waals surface area contributed by atoms with Crippen molar-refractivity contribution in [3.63, 3.8) is 0 Å². The van der Waals surface area contributed by atoms with E-state index >= 15 is 0 Å². The molecular weight excluding hydrogens is 245 g/mol. The maximum Gasteiger partial charge on any atom is 0.152 e. The summed E-state index contributed by atoms with van der Waals surface area (Å²) in [5.41, 5.74) is 2.39. The summed E-state index contributed by atoms with van der Waals surface area (Å²) < 4.78 is 15.7. The number of hydrogen-bond donors (Lipinski definition) is 0. The molecule has 0 aliphatic carbocycles. The van der Waals surface area contributed by atoms with Crippen LogP contribution in [0.2, 0.25) is 0 Å². The molecule has 4 nitrogen and oxygen atoms in total. The first-order chi connectivity index (χ1) is 9.33. The van der Waals surface area contributed by atoms with E-state index < -0.39 is 6.67 Å². The van der Waals surface area contributed by atoms with Gasteiger partial charge in [0.2, 0.25) is 0 Å². The molecule has 0 radical (unpaired) electrons. The van der Waals surface area contributed by atoms with Crippen molar-refractivity contribution in [2.24, 2.45) is 0 Å². The van der Waals surface area contributed by atoms with Gasteiger partial charge in [0.25, 0.3) is 0 Å². The first-order valence-electron chi connectivity index (χ1n) is 5.97. The lowest BCUT2D eigenvalue weighted by Gasteiger charge is -2.00. The average molecular weight is 257 g/mol. The number of fused-ring (bicyclic) bond motifs is 1. The summed E-state index contributed by atoms with van der Waals surface area (Å²) in [5.74, 6) is 0. The van der Waals surface area contributed by atoms with Gasteiger partial charge in [-0.05, 0) is 6.07 Å². The Morgan fingerprint density at radius 3 is 2.89 bits per heavy atom. The number of aldehydes is 1. The van der Waals surface area contributed by atoms with E-state index in [-0.39, 0.29) is 6.54 Å². The van der Waals surface area contributed by atoms with Crippen LogP contribution in [0.5, 0.6) is 0 Å².